The number of carboxylic acids is 2. The third-order valence-corrected chi connectivity index (χ3v) is 6.60. The fourth-order valence-corrected chi connectivity index (χ4v) is 4.31. The number of aromatic nitrogens is 2. The van der Waals surface area contributed by atoms with Crippen molar-refractivity contribution in [2.45, 2.75) is 38.6 Å². The molecule has 9 nitrogen and oxygen atoms in total. The Kier molecular flexibility index (Phi) is 9.81. The molecule has 1 unspecified atom stereocenters. The van der Waals surface area contributed by atoms with E-state index in [4.69, 9.17) is 44.9 Å². The number of aliphatic carboxylic acids is 1. The number of aromatic amines is 1. The first-order valence-electron chi connectivity index (χ1n) is 9.93. The number of nitrogens with zero attached hydrogens (tertiary/aromatic N) is 1. The van der Waals surface area contributed by atoms with Crippen molar-refractivity contribution < 1.29 is 19.8 Å². The molecule has 2 aromatic heterocycles. The van der Waals surface area contributed by atoms with Crippen LogP contribution in [-0.2, 0) is 11.2 Å². The highest BCUT2D eigenvalue weighted by molar-refractivity contribution is 7.20. The van der Waals surface area contributed by atoms with Crippen LogP contribution in [0.15, 0.2) is 23.0 Å². The Balaban J connectivity index is 0.000000328. The molecule has 3 rings (SSSR count). The number of rotatable bonds is 8. The standard InChI is InChI=1S/C15H10Cl2N2O3S.C6H14N2O2/c1-6-11-13(20)18-10(19-14(11)23-12(6)15(21)22)5-7-2-3-8(16)9(17)4-7;7-4-2-1-3-5(8)6(9)10/h2-4H,5H2,1H3,(H,21,22)(H,18,19,20);5H,1-4,7-8H2,(H,9,10). The van der Waals surface area contributed by atoms with Crippen LogP contribution in [0.4, 0.5) is 0 Å². The first-order chi connectivity index (χ1) is 15.5. The van der Waals surface area contributed by atoms with Crippen LogP contribution in [-0.4, -0.2) is 44.7 Å². The van der Waals surface area contributed by atoms with Crippen LogP contribution >= 0.6 is 34.5 Å². The molecular formula is C21H24Cl2N4O5S. The van der Waals surface area contributed by atoms with Crippen LogP contribution in [0.3, 0.4) is 0 Å². The third-order valence-electron chi connectivity index (χ3n) is 4.69. The van der Waals surface area contributed by atoms with E-state index < -0.39 is 18.0 Å². The number of carboxylic acid groups (broad SMARTS) is 2. The Morgan fingerprint density at radius 1 is 1.21 bits per heavy atom. The van der Waals surface area contributed by atoms with E-state index in [2.05, 4.69) is 9.97 Å². The molecule has 0 saturated carbocycles. The summed E-state index contributed by atoms with van der Waals surface area (Å²) in [6.07, 6.45) is 2.53. The summed E-state index contributed by atoms with van der Waals surface area (Å²) < 4.78 is 0. The molecule has 0 amide bonds. The lowest BCUT2D eigenvalue weighted by atomic mass is 10.1. The predicted octanol–water partition coefficient (Wildman–Crippen LogP) is 3.42. The van der Waals surface area contributed by atoms with Crippen LogP contribution in [0.2, 0.25) is 10.0 Å². The van der Waals surface area contributed by atoms with Gasteiger partial charge >= 0.3 is 11.9 Å². The average molecular weight is 515 g/mol. The molecule has 3 aromatic rings. The Labute approximate surface area is 203 Å². The second-order valence-electron chi connectivity index (χ2n) is 7.21. The van der Waals surface area contributed by atoms with Crippen molar-refractivity contribution in [3.63, 3.8) is 0 Å². The van der Waals surface area contributed by atoms with E-state index in [1.807, 2.05) is 0 Å². The number of carbonyl (C=O) groups is 2. The van der Waals surface area contributed by atoms with Crippen LogP contribution in [0.25, 0.3) is 10.2 Å². The van der Waals surface area contributed by atoms with Crippen molar-refractivity contribution >= 4 is 56.7 Å². The number of hydrogen-bond acceptors (Lipinski definition) is 7. The molecule has 178 valence electrons. The topological polar surface area (TPSA) is 172 Å². The van der Waals surface area contributed by atoms with Gasteiger partial charge in [-0.15, -0.1) is 11.3 Å². The molecule has 0 fully saturated rings. The van der Waals surface area contributed by atoms with E-state index in [0.717, 1.165) is 29.7 Å². The Bertz CT molecular complexity index is 1210. The Morgan fingerprint density at radius 3 is 2.48 bits per heavy atom. The molecule has 0 radical (unpaired) electrons. The van der Waals surface area contributed by atoms with E-state index in [0.29, 0.717) is 51.0 Å². The van der Waals surface area contributed by atoms with Gasteiger partial charge in [0.15, 0.2) is 0 Å². The summed E-state index contributed by atoms with van der Waals surface area (Å²) in [5.74, 6) is -1.55. The van der Waals surface area contributed by atoms with E-state index >= 15 is 0 Å². The van der Waals surface area contributed by atoms with Gasteiger partial charge in [-0.1, -0.05) is 35.7 Å². The van der Waals surface area contributed by atoms with Gasteiger partial charge in [0.2, 0.25) is 0 Å². The van der Waals surface area contributed by atoms with Crippen LogP contribution < -0.4 is 17.0 Å². The zero-order valence-electron chi connectivity index (χ0n) is 17.7. The minimum absolute atomic E-state index is 0.129. The zero-order valence-corrected chi connectivity index (χ0v) is 20.1. The van der Waals surface area contributed by atoms with Crippen LogP contribution in [0, 0.1) is 6.92 Å². The van der Waals surface area contributed by atoms with Crippen molar-refractivity contribution in [2.24, 2.45) is 11.5 Å². The smallest absolute Gasteiger partial charge is 0.346 e. The highest BCUT2D eigenvalue weighted by Gasteiger charge is 2.18. The molecule has 7 N–H and O–H groups in total. The van der Waals surface area contributed by atoms with E-state index in [9.17, 15) is 14.4 Å². The van der Waals surface area contributed by atoms with Gasteiger partial charge in [0, 0.05) is 6.42 Å². The summed E-state index contributed by atoms with van der Waals surface area (Å²) in [4.78, 5) is 41.2. The molecular weight excluding hydrogens is 491 g/mol. The van der Waals surface area contributed by atoms with E-state index in [-0.39, 0.29) is 10.4 Å². The number of thiophene rings is 1. The molecule has 0 aliphatic carbocycles. The van der Waals surface area contributed by atoms with E-state index in [1.165, 1.54) is 0 Å². The number of H-pyrrole nitrogens is 1. The Hall–Kier alpha value is -2.50. The third kappa shape index (κ3) is 7.24. The molecule has 0 aliphatic rings. The van der Waals surface area contributed by atoms with Crippen molar-refractivity contribution in [3.05, 3.63) is 60.4 Å². The number of benzene rings is 1. The van der Waals surface area contributed by atoms with Gasteiger partial charge in [-0.05, 0) is 49.6 Å². The summed E-state index contributed by atoms with van der Waals surface area (Å²) in [5.41, 5.74) is 11.4. The molecule has 0 saturated heterocycles. The second kappa shape index (κ2) is 12.1. The molecule has 33 heavy (non-hydrogen) atoms. The summed E-state index contributed by atoms with van der Waals surface area (Å²) in [6, 6.07) is 4.46. The predicted molar refractivity (Wildman–Crippen MR) is 130 cm³/mol. The van der Waals surface area contributed by atoms with Gasteiger partial charge in [-0.3, -0.25) is 9.59 Å². The fraction of sp³-hybridized carbons (Fsp3) is 0.333. The number of hydrogen-bond donors (Lipinski definition) is 5. The summed E-state index contributed by atoms with van der Waals surface area (Å²) in [7, 11) is 0. The largest absolute Gasteiger partial charge is 0.480 e. The van der Waals surface area contributed by atoms with E-state index in [1.54, 1.807) is 25.1 Å². The number of unbranched alkanes of at least 4 members (excludes halogenated alkanes) is 1. The molecule has 12 heteroatoms. The van der Waals surface area contributed by atoms with Crippen LogP contribution in [0.1, 0.15) is 45.9 Å². The summed E-state index contributed by atoms with van der Waals surface area (Å²) in [5, 5.41) is 18.7. The van der Waals surface area contributed by atoms with Gasteiger partial charge in [-0.2, -0.15) is 0 Å². The zero-order chi connectivity index (χ0) is 24.7. The average Bonchev–Trinajstić information content (AvgIpc) is 3.08. The lowest BCUT2D eigenvalue weighted by Gasteiger charge is -2.03. The highest BCUT2D eigenvalue weighted by atomic mass is 35.5. The van der Waals surface area contributed by atoms with Gasteiger partial charge in [0.1, 0.15) is 21.6 Å². The number of aromatic carboxylic acids is 1. The molecule has 1 aromatic carbocycles. The molecule has 1 atom stereocenters. The number of aryl methyl sites for hydroxylation is 1. The number of halogens is 2. The number of fused-ring (bicyclic) bond motifs is 1. The van der Waals surface area contributed by atoms with Gasteiger partial charge < -0.3 is 26.7 Å². The SMILES string of the molecule is Cc1c(C(=O)O)sc2nc(Cc3ccc(Cl)c(Cl)c3)[nH]c(=O)c12.NCCCCC(N)C(=O)O. The Morgan fingerprint density at radius 2 is 1.91 bits per heavy atom. The first kappa shape index (κ1) is 26.7. The maximum absolute atomic E-state index is 12.2. The minimum atomic E-state index is -1.06. The number of nitrogens with two attached hydrogens (primary N) is 2. The summed E-state index contributed by atoms with van der Waals surface area (Å²) >= 11 is 12.9. The highest BCUT2D eigenvalue weighted by Crippen LogP contribution is 2.27. The first-order valence-corrected chi connectivity index (χ1v) is 11.5. The quantitative estimate of drug-likeness (QED) is 0.284. The second-order valence-corrected chi connectivity index (χ2v) is 9.02. The normalized spacial score (nSPS) is 11.7. The van der Waals surface area contributed by atoms with Crippen molar-refractivity contribution in [3.8, 4) is 0 Å². The van der Waals surface area contributed by atoms with Crippen molar-refractivity contribution in [1.82, 2.24) is 9.97 Å². The van der Waals surface area contributed by atoms with Gasteiger partial charge in [0.05, 0.1) is 15.4 Å². The maximum Gasteiger partial charge on any atom is 0.346 e. The monoisotopic (exact) mass is 514 g/mol. The molecule has 0 aliphatic heterocycles. The lowest BCUT2D eigenvalue weighted by Crippen LogP contribution is -2.29. The number of nitrogens with one attached hydrogen (secondary N) is 1. The van der Waals surface area contributed by atoms with Gasteiger partial charge in [0.25, 0.3) is 5.56 Å². The van der Waals surface area contributed by atoms with Crippen molar-refractivity contribution in [1.29, 1.82) is 0 Å². The molecule has 2 heterocycles. The minimum Gasteiger partial charge on any atom is -0.480 e. The lowest BCUT2D eigenvalue weighted by molar-refractivity contribution is -0.138. The molecule has 0 bridgehead atoms. The van der Waals surface area contributed by atoms with Crippen LogP contribution in [0.5, 0.6) is 0 Å². The summed E-state index contributed by atoms with van der Waals surface area (Å²) in [6.45, 7) is 2.21. The van der Waals surface area contributed by atoms with Gasteiger partial charge in [-0.25, -0.2) is 9.78 Å². The van der Waals surface area contributed by atoms with Crippen molar-refractivity contribution in [2.75, 3.05) is 6.54 Å². The maximum atomic E-state index is 12.2. The fourth-order valence-electron chi connectivity index (χ4n) is 2.95. The molecule has 0 spiro atoms.